The van der Waals surface area contributed by atoms with E-state index in [9.17, 15) is 0 Å². The van der Waals surface area contributed by atoms with Gasteiger partial charge in [0.05, 0.1) is 6.04 Å². The molecule has 1 aliphatic carbocycles. The van der Waals surface area contributed by atoms with Crippen LogP contribution >= 0.6 is 11.6 Å². The van der Waals surface area contributed by atoms with Gasteiger partial charge in [0, 0.05) is 17.4 Å². The molecule has 1 unspecified atom stereocenters. The lowest BCUT2D eigenvalue weighted by Crippen LogP contribution is -2.10. The van der Waals surface area contributed by atoms with Crippen LogP contribution in [0.1, 0.15) is 29.3 Å². The van der Waals surface area contributed by atoms with Gasteiger partial charge in [-0.3, -0.25) is 0 Å². The predicted molar refractivity (Wildman–Crippen MR) is 72.9 cm³/mol. The topological polar surface area (TPSA) is 61.6 Å². The van der Waals surface area contributed by atoms with Crippen LogP contribution in [0.15, 0.2) is 30.6 Å². The van der Waals surface area contributed by atoms with E-state index in [2.05, 4.69) is 15.3 Å². The van der Waals surface area contributed by atoms with E-state index in [0.717, 1.165) is 17.9 Å². The monoisotopic (exact) mass is 270 g/mol. The summed E-state index contributed by atoms with van der Waals surface area (Å²) < 4.78 is 0. The number of nitrogens with one attached hydrogen (secondary N) is 1. The third-order valence-corrected chi connectivity index (χ3v) is 3.53. The number of anilines is 1. The molecule has 1 heterocycles. The molecule has 0 bridgehead atoms. The highest BCUT2D eigenvalue weighted by molar-refractivity contribution is 6.30. The minimum Gasteiger partial charge on any atom is -0.361 e. The third-order valence-electron chi connectivity index (χ3n) is 3.30. The molecule has 0 radical (unpaired) electrons. The molecule has 19 heavy (non-hydrogen) atoms. The minimum atomic E-state index is 0.163. The van der Waals surface area contributed by atoms with Gasteiger partial charge in [-0.1, -0.05) is 17.7 Å². The Labute approximate surface area is 116 Å². The van der Waals surface area contributed by atoms with Crippen LogP contribution in [0.25, 0.3) is 0 Å². The van der Waals surface area contributed by atoms with Crippen LogP contribution in [0.2, 0.25) is 5.02 Å². The van der Waals surface area contributed by atoms with Crippen molar-refractivity contribution < 1.29 is 0 Å². The molecule has 0 spiro atoms. The van der Waals surface area contributed by atoms with Crippen molar-refractivity contribution in [3.05, 3.63) is 52.4 Å². The lowest BCUT2D eigenvalue weighted by molar-refractivity contribution is 0.755. The molecule has 5 heteroatoms. The van der Waals surface area contributed by atoms with Gasteiger partial charge in [-0.2, -0.15) is 5.26 Å². The number of hydrogen-bond donors (Lipinski definition) is 1. The van der Waals surface area contributed by atoms with Crippen molar-refractivity contribution in [3.63, 3.8) is 0 Å². The number of hydrogen-bond acceptors (Lipinski definition) is 4. The van der Waals surface area contributed by atoms with Crippen molar-refractivity contribution in [1.29, 1.82) is 5.26 Å². The summed E-state index contributed by atoms with van der Waals surface area (Å²) >= 11 is 5.99. The summed E-state index contributed by atoms with van der Waals surface area (Å²) in [4.78, 5) is 8.18. The van der Waals surface area contributed by atoms with Crippen molar-refractivity contribution in [2.24, 2.45) is 0 Å². The molecule has 3 rings (SSSR count). The number of nitriles is 1. The number of halogens is 1. The largest absolute Gasteiger partial charge is 0.361 e. The molecule has 1 aliphatic rings. The van der Waals surface area contributed by atoms with Crippen molar-refractivity contribution in [3.8, 4) is 6.07 Å². The fourth-order valence-electron chi connectivity index (χ4n) is 2.43. The van der Waals surface area contributed by atoms with Crippen LogP contribution in [0.3, 0.4) is 0 Å². The molecule has 0 fully saturated rings. The normalized spacial score (nSPS) is 16.7. The molecule has 0 amide bonds. The first-order valence-electron chi connectivity index (χ1n) is 6.04. The van der Waals surface area contributed by atoms with E-state index in [1.54, 1.807) is 6.20 Å². The maximum absolute atomic E-state index is 9.01. The Hall–Kier alpha value is -2.12. The smallest absolute Gasteiger partial charge is 0.182 e. The standard InChI is InChI=1S/C14H11ClN4/c15-10-2-3-11-9(7-10)1-4-12(11)19-14-13(8-16)17-5-6-18-14/h2-3,5-7,12H,1,4H2,(H,18,19). The first kappa shape index (κ1) is 11.9. The number of fused-ring (bicyclic) bond motifs is 1. The van der Waals surface area contributed by atoms with Crippen molar-refractivity contribution in [2.75, 3.05) is 5.32 Å². The SMILES string of the molecule is N#Cc1nccnc1NC1CCc2cc(Cl)ccc21. The average molecular weight is 271 g/mol. The van der Waals surface area contributed by atoms with Gasteiger partial charge >= 0.3 is 0 Å². The summed E-state index contributed by atoms with van der Waals surface area (Å²) in [5.74, 6) is 0.540. The summed E-state index contributed by atoms with van der Waals surface area (Å²) in [6.07, 6.45) is 5.06. The Morgan fingerprint density at radius 1 is 1.32 bits per heavy atom. The maximum Gasteiger partial charge on any atom is 0.182 e. The molecule has 0 aliphatic heterocycles. The third kappa shape index (κ3) is 2.25. The fraction of sp³-hybridized carbons (Fsp3) is 0.214. The zero-order chi connectivity index (χ0) is 13.2. The summed E-state index contributed by atoms with van der Waals surface area (Å²) in [7, 11) is 0. The molecule has 94 valence electrons. The second-order valence-electron chi connectivity index (χ2n) is 4.44. The second-order valence-corrected chi connectivity index (χ2v) is 4.88. The predicted octanol–water partition coefficient (Wildman–Crippen LogP) is 3.10. The molecule has 1 atom stereocenters. The van der Waals surface area contributed by atoms with Crippen molar-refractivity contribution >= 4 is 17.4 Å². The Balaban J connectivity index is 1.89. The van der Waals surface area contributed by atoms with Crippen LogP contribution in [-0.2, 0) is 6.42 Å². The summed E-state index contributed by atoms with van der Waals surface area (Å²) in [6, 6.07) is 8.13. The van der Waals surface area contributed by atoms with E-state index in [1.165, 1.54) is 17.3 Å². The van der Waals surface area contributed by atoms with E-state index in [-0.39, 0.29) is 6.04 Å². The molecular weight excluding hydrogens is 260 g/mol. The highest BCUT2D eigenvalue weighted by atomic mass is 35.5. The van der Waals surface area contributed by atoms with E-state index in [1.807, 2.05) is 24.3 Å². The van der Waals surface area contributed by atoms with Gasteiger partial charge in [-0.05, 0) is 36.1 Å². The average Bonchev–Trinajstić information content (AvgIpc) is 2.82. The molecule has 4 nitrogen and oxygen atoms in total. The number of rotatable bonds is 2. The molecule has 0 saturated carbocycles. The number of aromatic nitrogens is 2. The molecular formula is C14H11ClN4. The molecule has 1 aromatic carbocycles. The van der Waals surface area contributed by atoms with Crippen molar-refractivity contribution in [1.82, 2.24) is 9.97 Å². The Morgan fingerprint density at radius 2 is 2.16 bits per heavy atom. The molecule has 1 aromatic heterocycles. The molecule has 0 saturated heterocycles. The van der Waals surface area contributed by atoms with Gasteiger partial charge in [0.1, 0.15) is 6.07 Å². The van der Waals surface area contributed by atoms with E-state index < -0.39 is 0 Å². The van der Waals surface area contributed by atoms with E-state index >= 15 is 0 Å². The lowest BCUT2D eigenvalue weighted by atomic mass is 10.1. The zero-order valence-electron chi connectivity index (χ0n) is 10.1. The first-order chi connectivity index (χ1) is 9.28. The highest BCUT2D eigenvalue weighted by Crippen LogP contribution is 2.35. The van der Waals surface area contributed by atoms with Crippen molar-refractivity contribution in [2.45, 2.75) is 18.9 Å². The quantitative estimate of drug-likeness (QED) is 0.911. The van der Waals surface area contributed by atoms with Gasteiger partial charge < -0.3 is 5.32 Å². The molecule has 2 aromatic rings. The van der Waals surface area contributed by atoms with E-state index in [0.29, 0.717) is 11.5 Å². The van der Waals surface area contributed by atoms with Gasteiger partial charge in [0.25, 0.3) is 0 Å². The number of benzene rings is 1. The minimum absolute atomic E-state index is 0.163. The van der Waals surface area contributed by atoms with Gasteiger partial charge in [-0.25, -0.2) is 9.97 Å². The van der Waals surface area contributed by atoms with Crippen LogP contribution in [0, 0.1) is 11.3 Å². The summed E-state index contributed by atoms with van der Waals surface area (Å²) in [6.45, 7) is 0. The van der Waals surface area contributed by atoms with Crippen LogP contribution in [-0.4, -0.2) is 9.97 Å². The Kier molecular flexibility index (Phi) is 3.06. The second kappa shape index (κ2) is 4.87. The van der Waals surface area contributed by atoms with Crippen LogP contribution < -0.4 is 5.32 Å². The van der Waals surface area contributed by atoms with Gasteiger partial charge in [0.2, 0.25) is 0 Å². The maximum atomic E-state index is 9.01. The molecule has 1 N–H and O–H groups in total. The van der Waals surface area contributed by atoms with Gasteiger partial charge in [0.15, 0.2) is 11.5 Å². The zero-order valence-corrected chi connectivity index (χ0v) is 10.9. The van der Waals surface area contributed by atoms with Crippen LogP contribution in [0.4, 0.5) is 5.82 Å². The summed E-state index contributed by atoms with van der Waals surface area (Å²) in [5.41, 5.74) is 2.80. The lowest BCUT2D eigenvalue weighted by Gasteiger charge is -2.15. The highest BCUT2D eigenvalue weighted by Gasteiger charge is 2.23. The van der Waals surface area contributed by atoms with Crippen LogP contribution in [0.5, 0.6) is 0 Å². The van der Waals surface area contributed by atoms with E-state index in [4.69, 9.17) is 16.9 Å². The number of nitrogens with zero attached hydrogens (tertiary/aromatic N) is 3. The fourth-order valence-corrected chi connectivity index (χ4v) is 2.62. The number of aryl methyl sites for hydroxylation is 1. The Bertz CT molecular complexity index is 663. The summed E-state index contributed by atoms with van der Waals surface area (Å²) in [5, 5.41) is 13.1. The first-order valence-corrected chi connectivity index (χ1v) is 6.41. The Morgan fingerprint density at radius 3 is 3.00 bits per heavy atom. The van der Waals surface area contributed by atoms with Gasteiger partial charge in [-0.15, -0.1) is 0 Å².